The summed E-state index contributed by atoms with van der Waals surface area (Å²) in [5.74, 6) is 0.463. The summed E-state index contributed by atoms with van der Waals surface area (Å²) >= 11 is 0. The van der Waals surface area contributed by atoms with Crippen molar-refractivity contribution >= 4 is 21.1 Å². The van der Waals surface area contributed by atoms with Crippen molar-refractivity contribution in [3.05, 3.63) is 66.1 Å². The number of aryl methyl sites for hydroxylation is 1. The molecule has 180 valence electrons. The molecule has 1 N–H and O–H groups in total. The van der Waals surface area contributed by atoms with Gasteiger partial charge in [-0.1, -0.05) is 13.0 Å². The second-order valence-electron chi connectivity index (χ2n) is 7.69. The van der Waals surface area contributed by atoms with E-state index >= 15 is 0 Å². The second-order valence-corrected chi connectivity index (χ2v) is 9.40. The number of alkyl halides is 3. The van der Waals surface area contributed by atoms with Crippen molar-refractivity contribution in [2.75, 3.05) is 0 Å². The average Bonchev–Trinajstić information content (AvgIpc) is 3.17. The molecule has 4 heterocycles. The first kappa shape index (κ1) is 24.3. The molecule has 4 aromatic rings. The van der Waals surface area contributed by atoms with Crippen molar-refractivity contribution in [3.63, 3.8) is 0 Å². The molecule has 4 aromatic heterocycles. The van der Waals surface area contributed by atoms with Crippen LogP contribution in [0.25, 0.3) is 28.2 Å². The van der Waals surface area contributed by atoms with E-state index in [-0.39, 0.29) is 11.3 Å². The van der Waals surface area contributed by atoms with E-state index in [1.807, 2.05) is 13.0 Å². The Kier molecular flexibility index (Phi) is 6.31. The first-order valence-electron chi connectivity index (χ1n) is 10.5. The van der Waals surface area contributed by atoms with E-state index in [9.17, 15) is 26.9 Å². The summed E-state index contributed by atoms with van der Waals surface area (Å²) in [6.07, 6.45) is 0.187. The van der Waals surface area contributed by atoms with Crippen LogP contribution >= 0.6 is 0 Å². The van der Waals surface area contributed by atoms with Gasteiger partial charge in [-0.15, -0.1) is 0 Å². The van der Waals surface area contributed by atoms with Crippen molar-refractivity contribution in [1.29, 1.82) is 5.26 Å². The summed E-state index contributed by atoms with van der Waals surface area (Å²) in [6.45, 7) is 2.67. The quantitative estimate of drug-likeness (QED) is 0.426. The zero-order valence-corrected chi connectivity index (χ0v) is 19.4. The molecule has 35 heavy (non-hydrogen) atoms. The van der Waals surface area contributed by atoms with Gasteiger partial charge in [-0.3, -0.25) is 9.55 Å². The van der Waals surface area contributed by atoms with E-state index in [4.69, 9.17) is 0 Å². The Morgan fingerprint density at radius 2 is 1.91 bits per heavy atom. The Morgan fingerprint density at radius 3 is 2.49 bits per heavy atom. The van der Waals surface area contributed by atoms with Gasteiger partial charge in [0.1, 0.15) is 28.5 Å². The molecule has 0 fully saturated rings. The number of nitriles is 1. The molecular weight excluding hydrogens is 481 g/mol. The molecule has 1 atom stereocenters. The summed E-state index contributed by atoms with van der Waals surface area (Å²) in [5.41, 5.74) is 2.21. The van der Waals surface area contributed by atoms with Crippen LogP contribution in [0.1, 0.15) is 25.0 Å². The number of rotatable bonds is 6. The van der Waals surface area contributed by atoms with Crippen LogP contribution in [0.3, 0.4) is 0 Å². The van der Waals surface area contributed by atoms with E-state index in [0.29, 0.717) is 35.9 Å². The largest absolute Gasteiger partial charge is 0.404 e. The Bertz CT molecular complexity index is 1530. The number of nitrogens with zero attached hydrogens (tertiary/aromatic N) is 5. The van der Waals surface area contributed by atoms with Crippen LogP contribution in [0.5, 0.6) is 0 Å². The molecule has 1 unspecified atom stereocenters. The van der Waals surface area contributed by atoms with Gasteiger partial charge in [0.25, 0.3) is 0 Å². The Hall–Kier alpha value is -3.82. The minimum atomic E-state index is -4.74. The lowest BCUT2D eigenvalue weighted by Gasteiger charge is -2.17. The third-order valence-corrected chi connectivity index (χ3v) is 6.90. The van der Waals surface area contributed by atoms with Crippen molar-refractivity contribution in [2.24, 2.45) is 0 Å². The number of halogens is 3. The zero-order chi connectivity index (χ0) is 25.4. The highest BCUT2D eigenvalue weighted by atomic mass is 32.2. The number of hydrogen-bond donors (Lipinski definition) is 1. The monoisotopic (exact) mass is 500 g/mol. The summed E-state index contributed by atoms with van der Waals surface area (Å²) in [6, 6.07) is 9.45. The summed E-state index contributed by atoms with van der Waals surface area (Å²) in [4.78, 5) is 12.6. The summed E-state index contributed by atoms with van der Waals surface area (Å²) < 4.78 is 66.6. The van der Waals surface area contributed by atoms with E-state index < -0.39 is 27.1 Å². The molecule has 0 aliphatic carbocycles. The van der Waals surface area contributed by atoms with E-state index in [2.05, 4.69) is 21.0 Å². The Labute approximate surface area is 199 Å². The van der Waals surface area contributed by atoms with Crippen LogP contribution in [-0.2, 0) is 16.4 Å². The fourth-order valence-electron chi connectivity index (χ4n) is 3.51. The van der Waals surface area contributed by atoms with Crippen LogP contribution in [-0.4, -0.2) is 40.2 Å². The van der Waals surface area contributed by atoms with Gasteiger partial charge in [0.15, 0.2) is 0 Å². The van der Waals surface area contributed by atoms with Crippen molar-refractivity contribution in [2.45, 2.75) is 37.4 Å². The molecule has 0 aliphatic heterocycles. The van der Waals surface area contributed by atoms with Crippen molar-refractivity contribution in [3.8, 4) is 23.3 Å². The normalized spacial score (nSPS) is 13.0. The van der Waals surface area contributed by atoms with Gasteiger partial charge in [-0.2, -0.15) is 23.2 Å². The van der Waals surface area contributed by atoms with Crippen LogP contribution in [0.2, 0.25) is 0 Å². The molecule has 0 radical (unpaired) electrons. The molecule has 0 aromatic carbocycles. The van der Waals surface area contributed by atoms with Gasteiger partial charge in [-0.05, 0) is 49.2 Å². The number of fused-ring (bicyclic) bond motifs is 1. The maximum atomic E-state index is 12.8. The third-order valence-electron chi connectivity index (χ3n) is 5.38. The summed E-state index contributed by atoms with van der Waals surface area (Å²) in [7, 11) is -4.48. The molecule has 0 spiro atoms. The Morgan fingerprint density at radius 1 is 1.14 bits per heavy atom. The zero-order valence-electron chi connectivity index (χ0n) is 18.6. The van der Waals surface area contributed by atoms with Crippen LogP contribution < -0.4 is 4.72 Å². The average molecular weight is 501 g/mol. The van der Waals surface area contributed by atoms with Crippen LogP contribution in [0.15, 0.2) is 59.9 Å². The highest BCUT2D eigenvalue weighted by Crippen LogP contribution is 2.34. The van der Waals surface area contributed by atoms with Gasteiger partial charge in [0, 0.05) is 24.0 Å². The SMILES string of the molecule is CCc1cnc2c(c1)c(C#N)c(-c1ccc(S(=O)(=O)NC(C)C(F)(F)F)cn1)n2-c1ccccn1. The first-order chi connectivity index (χ1) is 16.6. The first-order valence-corrected chi connectivity index (χ1v) is 12.0. The van der Waals surface area contributed by atoms with Gasteiger partial charge < -0.3 is 0 Å². The second kappa shape index (κ2) is 9.09. The third kappa shape index (κ3) is 4.60. The topological polar surface area (TPSA) is 114 Å². The number of hydrogen-bond acceptors (Lipinski definition) is 6. The molecule has 0 saturated carbocycles. The maximum Gasteiger partial charge on any atom is 0.404 e. The molecule has 8 nitrogen and oxygen atoms in total. The van der Waals surface area contributed by atoms with E-state index in [0.717, 1.165) is 17.8 Å². The van der Waals surface area contributed by atoms with E-state index in [1.165, 1.54) is 6.07 Å². The van der Waals surface area contributed by atoms with Crippen molar-refractivity contribution < 1.29 is 21.6 Å². The number of nitrogens with one attached hydrogen (secondary N) is 1. The van der Waals surface area contributed by atoms with Crippen molar-refractivity contribution in [1.82, 2.24) is 24.2 Å². The molecule has 0 amide bonds. The molecule has 12 heteroatoms. The molecule has 0 saturated heterocycles. The molecule has 4 rings (SSSR count). The predicted octanol–water partition coefficient (Wildman–Crippen LogP) is 4.15. The fourth-order valence-corrected chi connectivity index (χ4v) is 4.69. The minimum Gasteiger partial charge on any atom is -0.275 e. The molecule has 0 bridgehead atoms. The number of pyridine rings is 3. The lowest BCUT2D eigenvalue weighted by Crippen LogP contribution is -2.42. The lowest BCUT2D eigenvalue weighted by atomic mass is 10.1. The Balaban J connectivity index is 1.88. The molecular formula is C23H19F3N6O2S. The highest BCUT2D eigenvalue weighted by molar-refractivity contribution is 7.89. The fraction of sp³-hybridized carbons (Fsp3) is 0.217. The van der Waals surface area contributed by atoms with Gasteiger partial charge in [0.05, 0.1) is 17.0 Å². The molecule has 0 aliphatic rings. The lowest BCUT2D eigenvalue weighted by molar-refractivity contribution is -0.147. The van der Waals surface area contributed by atoms with Crippen LogP contribution in [0, 0.1) is 11.3 Å². The van der Waals surface area contributed by atoms with E-state index in [1.54, 1.807) is 39.9 Å². The smallest absolute Gasteiger partial charge is 0.275 e. The predicted molar refractivity (Wildman–Crippen MR) is 122 cm³/mol. The van der Waals surface area contributed by atoms with Gasteiger partial charge in [-0.25, -0.2) is 18.4 Å². The minimum absolute atomic E-state index is 0.228. The summed E-state index contributed by atoms with van der Waals surface area (Å²) in [5, 5.41) is 10.6. The maximum absolute atomic E-state index is 12.8. The van der Waals surface area contributed by atoms with Gasteiger partial charge >= 0.3 is 6.18 Å². The van der Waals surface area contributed by atoms with Crippen LogP contribution in [0.4, 0.5) is 13.2 Å². The highest BCUT2D eigenvalue weighted by Gasteiger charge is 2.39. The number of sulfonamides is 1. The standard InChI is InChI=1S/C23H19F3N6O2S/c1-3-15-10-17-18(11-27)21(32(22(17)30-12-15)20-6-4-5-9-28-20)19-8-7-16(13-29-19)35(33,34)31-14(2)23(24,25)26/h4-10,12-14,31H,3H2,1-2H3. The number of aromatic nitrogens is 4. The van der Waals surface area contributed by atoms with Gasteiger partial charge in [0.2, 0.25) is 10.0 Å².